The minimum Gasteiger partial charge on any atom is -0.325 e. The molecule has 0 unspecified atom stereocenters. The smallest absolute Gasteiger partial charge is 0.243 e. The number of benzene rings is 2. The van der Waals surface area contributed by atoms with Crippen molar-refractivity contribution in [1.29, 1.82) is 0 Å². The fourth-order valence-corrected chi connectivity index (χ4v) is 5.44. The van der Waals surface area contributed by atoms with E-state index in [1.165, 1.54) is 4.31 Å². The summed E-state index contributed by atoms with van der Waals surface area (Å²) in [6.45, 7) is 8.21. The zero-order valence-corrected chi connectivity index (χ0v) is 19.7. The number of rotatable bonds is 7. The molecule has 0 bridgehead atoms. The zero-order chi connectivity index (χ0) is 21.4. The molecule has 0 aliphatic heterocycles. The minimum atomic E-state index is -3.60. The van der Waals surface area contributed by atoms with E-state index in [4.69, 9.17) is 0 Å². The molecule has 0 heterocycles. The monoisotopic (exact) mass is 478 g/mol. The molecule has 1 fully saturated rings. The first-order valence-electron chi connectivity index (χ1n) is 9.84. The number of anilines is 1. The molecule has 5 nitrogen and oxygen atoms in total. The van der Waals surface area contributed by atoms with Crippen molar-refractivity contribution in [2.45, 2.75) is 50.8 Å². The van der Waals surface area contributed by atoms with Gasteiger partial charge in [-0.3, -0.25) is 4.79 Å². The Balaban J connectivity index is 1.94. The normalized spacial score (nSPS) is 15.4. The molecule has 1 N–H and O–H groups in total. The zero-order valence-electron chi connectivity index (χ0n) is 17.3. The Morgan fingerprint density at radius 1 is 1.10 bits per heavy atom. The quantitative estimate of drug-likeness (QED) is 0.623. The van der Waals surface area contributed by atoms with Gasteiger partial charge in [-0.15, -0.1) is 0 Å². The maximum atomic E-state index is 13.2. The third kappa shape index (κ3) is 4.13. The number of hydrogen-bond acceptors (Lipinski definition) is 3. The van der Waals surface area contributed by atoms with Crippen LogP contribution in [0.25, 0.3) is 0 Å². The summed E-state index contributed by atoms with van der Waals surface area (Å²) in [5.41, 5.74) is 2.73. The van der Waals surface area contributed by atoms with Gasteiger partial charge >= 0.3 is 0 Å². The van der Waals surface area contributed by atoms with E-state index in [1.807, 2.05) is 52.0 Å². The summed E-state index contributed by atoms with van der Waals surface area (Å²) in [4.78, 5) is 13.4. The van der Waals surface area contributed by atoms with Crippen LogP contribution in [-0.2, 0) is 20.2 Å². The lowest BCUT2D eigenvalue weighted by Crippen LogP contribution is -2.31. The van der Waals surface area contributed by atoms with Crippen LogP contribution in [0.2, 0.25) is 0 Å². The Labute approximate surface area is 181 Å². The second kappa shape index (κ2) is 8.20. The SMILES string of the molecule is CCN(CC)S(=O)(=O)c1cc(C)c(C)c(NC(=O)C2(c3ccc(Br)cc3)CC2)c1. The number of halogens is 1. The third-order valence-corrected chi connectivity index (χ3v) is 8.37. The predicted molar refractivity (Wildman–Crippen MR) is 120 cm³/mol. The predicted octanol–water partition coefficient (Wildman–Crippen LogP) is 4.77. The van der Waals surface area contributed by atoms with Gasteiger partial charge in [-0.2, -0.15) is 4.31 Å². The summed E-state index contributed by atoms with van der Waals surface area (Å²) in [5.74, 6) is -0.0836. The maximum Gasteiger partial charge on any atom is 0.243 e. The number of aryl methyl sites for hydroxylation is 1. The van der Waals surface area contributed by atoms with E-state index in [-0.39, 0.29) is 10.8 Å². The van der Waals surface area contributed by atoms with Crippen molar-refractivity contribution in [3.8, 4) is 0 Å². The Kier molecular flexibility index (Phi) is 6.22. The van der Waals surface area contributed by atoms with Crippen LogP contribution in [0.1, 0.15) is 43.4 Å². The van der Waals surface area contributed by atoms with Crippen LogP contribution in [0.15, 0.2) is 45.8 Å². The highest BCUT2D eigenvalue weighted by molar-refractivity contribution is 9.10. The van der Waals surface area contributed by atoms with Crippen molar-refractivity contribution in [3.63, 3.8) is 0 Å². The standard InChI is InChI=1S/C22H27BrN2O3S/c1-5-25(6-2)29(27,28)19-13-15(3)16(4)20(14-19)24-21(26)22(11-12-22)17-7-9-18(23)10-8-17/h7-10,13-14H,5-6,11-12H2,1-4H3,(H,24,26). The van der Waals surface area contributed by atoms with Crippen molar-refractivity contribution in [1.82, 2.24) is 4.31 Å². The topological polar surface area (TPSA) is 66.5 Å². The second-order valence-electron chi connectivity index (χ2n) is 7.55. The van der Waals surface area contributed by atoms with Gasteiger partial charge in [0.05, 0.1) is 10.3 Å². The first-order chi connectivity index (χ1) is 13.7. The van der Waals surface area contributed by atoms with Crippen LogP contribution in [-0.4, -0.2) is 31.7 Å². The highest BCUT2D eigenvalue weighted by atomic mass is 79.9. The van der Waals surface area contributed by atoms with Crippen molar-refractivity contribution >= 4 is 37.5 Å². The number of sulfonamides is 1. The van der Waals surface area contributed by atoms with Crippen molar-refractivity contribution in [2.75, 3.05) is 18.4 Å². The maximum absolute atomic E-state index is 13.2. The van der Waals surface area contributed by atoms with E-state index >= 15 is 0 Å². The molecule has 1 aliphatic rings. The van der Waals surface area contributed by atoms with Gasteiger partial charge in [0.1, 0.15) is 0 Å². The highest BCUT2D eigenvalue weighted by Gasteiger charge is 2.51. The fourth-order valence-electron chi connectivity index (χ4n) is 3.60. The molecule has 2 aromatic rings. The summed E-state index contributed by atoms with van der Waals surface area (Å²) < 4.78 is 28.3. The second-order valence-corrected chi connectivity index (χ2v) is 10.4. The minimum absolute atomic E-state index is 0.0836. The number of nitrogens with one attached hydrogen (secondary N) is 1. The highest BCUT2D eigenvalue weighted by Crippen LogP contribution is 2.49. The molecule has 7 heteroatoms. The van der Waals surface area contributed by atoms with E-state index in [0.29, 0.717) is 18.8 Å². The molecule has 1 aliphatic carbocycles. The summed E-state index contributed by atoms with van der Waals surface area (Å²) in [6, 6.07) is 11.1. The lowest BCUT2D eigenvalue weighted by Gasteiger charge is -2.22. The van der Waals surface area contributed by atoms with Gasteiger partial charge in [0.15, 0.2) is 0 Å². The van der Waals surface area contributed by atoms with Crippen LogP contribution < -0.4 is 5.32 Å². The Bertz CT molecular complexity index is 1020. The van der Waals surface area contributed by atoms with Gasteiger partial charge in [0.25, 0.3) is 0 Å². The number of carbonyl (C=O) groups excluding carboxylic acids is 1. The number of hydrogen-bond donors (Lipinski definition) is 1. The molecular formula is C22H27BrN2O3S. The molecule has 1 amide bonds. The van der Waals surface area contributed by atoms with Crippen molar-refractivity contribution < 1.29 is 13.2 Å². The lowest BCUT2D eigenvalue weighted by molar-refractivity contribution is -0.118. The number of amides is 1. The molecule has 2 aromatic carbocycles. The van der Waals surface area contributed by atoms with Crippen molar-refractivity contribution in [2.24, 2.45) is 0 Å². The number of nitrogens with zero attached hydrogens (tertiary/aromatic N) is 1. The fraction of sp³-hybridized carbons (Fsp3) is 0.409. The van der Waals surface area contributed by atoms with Crippen LogP contribution in [0.3, 0.4) is 0 Å². The van der Waals surface area contributed by atoms with Gasteiger partial charge in [0.2, 0.25) is 15.9 Å². The van der Waals surface area contributed by atoms with E-state index in [0.717, 1.165) is 34.0 Å². The van der Waals surface area contributed by atoms with Gasteiger partial charge < -0.3 is 5.32 Å². The first kappa shape index (κ1) is 22.0. The Hall–Kier alpha value is -1.70. The summed E-state index contributed by atoms with van der Waals surface area (Å²) in [6.07, 6.45) is 1.58. The summed E-state index contributed by atoms with van der Waals surface area (Å²) in [5, 5.41) is 3.02. The first-order valence-corrected chi connectivity index (χ1v) is 12.1. The van der Waals surface area contributed by atoms with Gasteiger partial charge in [-0.25, -0.2) is 8.42 Å². The van der Waals surface area contributed by atoms with E-state index in [1.54, 1.807) is 12.1 Å². The van der Waals surface area contributed by atoms with E-state index in [2.05, 4.69) is 21.2 Å². The summed E-state index contributed by atoms with van der Waals surface area (Å²) in [7, 11) is -3.60. The molecule has 0 spiro atoms. The molecule has 0 radical (unpaired) electrons. The van der Waals surface area contributed by atoms with Crippen LogP contribution in [0.4, 0.5) is 5.69 Å². The van der Waals surface area contributed by atoms with Gasteiger partial charge in [-0.1, -0.05) is 41.9 Å². The van der Waals surface area contributed by atoms with Gasteiger partial charge in [-0.05, 0) is 67.6 Å². The largest absolute Gasteiger partial charge is 0.325 e. The number of carbonyl (C=O) groups is 1. The van der Waals surface area contributed by atoms with E-state index in [9.17, 15) is 13.2 Å². The average Bonchev–Trinajstić information content (AvgIpc) is 3.48. The average molecular weight is 479 g/mol. The Morgan fingerprint density at radius 2 is 1.69 bits per heavy atom. The molecule has 0 aromatic heterocycles. The van der Waals surface area contributed by atoms with Gasteiger partial charge in [0, 0.05) is 23.2 Å². The van der Waals surface area contributed by atoms with Crippen LogP contribution in [0, 0.1) is 13.8 Å². The van der Waals surface area contributed by atoms with E-state index < -0.39 is 15.4 Å². The lowest BCUT2D eigenvalue weighted by atomic mass is 9.94. The molecule has 3 rings (SSSR count). The van der Waals surface area contributed by atoms with Crippen LogP contribution >= 0.6 is 15.9 Å². The molecule has 156 valence electrons. The molecule has 1 saturated carbocycles. The summed E-state index contributed by atoms with van der Waals surface area (Å²) >= 11 is 3.43. The van der Waals surface area contributed by atoms with Crippen LogP contribution in [0.5, 0.6) is 0 Å². The molecule has 0 atom stereocenters. The van der Waals surface area contributed by atoms with Crippen molar-refractivity contribution in [3.05, 3.63) is 57.6 Å². The third-order valence-electron chi connectivity index (χ3n) is 5.81. The molecule has 0 saturated heterocycles. The Morgan fingerprint density at radius 3 is 2.21 bits per heavy atom. The molecular weight excluding hydrogens is 452 g/mol. The molecule has 29 heavy (non-hydrogen) atoms.